The second-order valence-electron chi connectivity index (χ2n) is 6.20. The van der Waals surface area contributed by atoms with Gasteiger partial charge in [0.2, 0.25) is 10.0 Å². The Morgan fingerprint density at radius 3 is 2.41 bits per heavy atom. The van der Waals surface area contributed by atoms with Crippen molar-refractivity contribution in [3.63, 3.8) is 0 Å². The third kappa shape index (κ3) is 4.90. The van der Waals surface area contributed by atoms with Crippen LogP contribution in [0.25, 0.3) is 0 Å². The number of hydrogen-bond acceptors (Lipinski definition) is 8. The average molecular weight is 420 g/mol. The third-order valence-electron chi connectivity index (χ3n) is 4.06. The summed E-state index contributed by atoms with van der Waals surface area (Å²) in [7, 11) is -0.850. The molecule has 11 nitrogen and oxygen atoms in total. The Balaban J connectivity index is 1.95. The molecule has 0 saturated heterocycles. The van der Waals surface area contributed by atoms with E-state index in [1.807, 2.05) is 0 Å². The maximum atomic E-state index is 12.3. The SMILES string of the molecule is CNC(=O)c1nnc(NC(=O)OC)cc1Nc1ccccc1NS(=O)(=O)C1CC1. The van der Waals surface area contributed by atoms with E-state index in [1.165, 1.54) is 20.2 Å². The zero-order valence-electron chi connectivity index (χ0n) is 15.7. The number of ether oxygens (including phenoxy) is 1. The molecule has 0 spiro atoms. The van der Waals surface area contributed by atoms with Gasteiger partial charge in [0.05, 0.1) is 29.4 Å². The van der Waals surface area contributed by atoms with Crippen LogP contribution in [0, 0.1) is 0 Å². The molecule has 12 heteroatoms. The number of carbonyl (C=O) groups excluding carboxylic acids is 2. The maximum Gasteiger partial charge on any atom is 0.412 e. The quantitative estimate of drug-likeness (QED) is 0.528. The molecule has 0 unspecified atom stereocenters. The van der Waals surface area contributed by atoms with Crippen molar-refractivity contribution in [3.05, 3.63) is 36.0 Å². The number of sulfonamides is 1. The number of aromatic nitrogens is 2. The highest BCUT2D eigenvalue weighted by atomic mass is 32.2. The first kappa shape index (κ1) is 20.3. The van der Waals surface area contributed by atoms with E-state index in [4.69, 9.17) is 0 Å². The Morgan fingerprint density at radius 1 is 1.10 bits per heavy atom. The van der Waals surface area contributed by atoms with Crippen molar-refractivity contribution in [2.75, 3.05) is 29.5 Å². The maximum absolute atomic E-state index is 12.3. The Bertz CT molecular complexity index is 1040. The van der Waals surface area contributed by atoms with Crippen molar-refractivity contribution in [1.82, 2.24) is 15.5 Å². The highest BCUT2D eigenvalue weighted by Crippen LogP contribution is 2.33. The van der Waals surface area contributed by atoms with E-state index in [2.05, 4.69) is 35.6 Å². The molecule has 4 N–H and O–H groups in total. The number of methoxy groups -OCH3 is 1. The molecular weight excluding hydrogens is 400 g/mol. The predicted molar refractivity (Wildman–Crippen MR) is 107 cm³/mol. The molecule has 0 atom stereocenters. The molecular formula is C17H20N6O5S. The lowest BCUT2D eigenvalue weighted by atomic mass is 10.2. The first-order chi connectivity index (χ1) is 13.8. The number of carbonyl (C=O) groups is 2. The number of para-hydroxylation sites is 2. The van der Waals surface area contributed by atoms with Crippen molar-refractivity contribution < 1.29 is 22.7 Å². The van der Waals surface area contributed by atoms with Gasteiger partial charge in [-0.3, -0.25) is 14.8 Å². The van der Waals surface area contributed by atoms with Crippen LogP contribution in [-0.4, -0.2) is 50.0 Å². The second-order valence-corrected chi connectivity index (χ2v) is 8.17. The fourth-order valence-electron chi connectivity index (χ4n) is 2.43. The number of hydrogen-bond donors (Lipinski definition) is 4. The first-order valence-electron chi connectivity index (χ1n) is 8.66. The van der Waals surface area contributed by atoms with Crippen molar-refractivity contribution in [2.24, 2.45) is 0 Å². The van der Waals surface area contributed by atoms with Crippen LogP contribution >= 0.6 is 0 Å². The summed E-state index contributed by atoms with van der Waals surface area (Å²) in [5.41, 5.74) is 0.895. The van der Waals surface area contributed by atoms with Crippen LogP contribution in [0.5, 0.6) is 0 Å². The van der Waals surface area contributed by atoms with Gasteiger partial charge < -0.3 is 15.4 Å². The molecule has 1 saturated carbocycles. The Hall–Kier alpha value is -3.41. The number of benzene rings is 1. The van der Waals surface area contributed by atoms with Crippen LogP contribution in [0.15, 0.2) is 30.3 Å². The van der Waals surface area contributed by atoms with E-state index in [1.54, 1.807) is 24.3 Å². The summed E-state index contributed by atoms with van der Waals surface area (Å²) in [5.74, 6) is -0.469. The number of anilines is 4. The molecule has 2 aromatic rings. The number of nitrogens with zero attached hydrogens (tertiary/aromatic N) is 2. The number of amides is 2. The second kappa shape index (κ2) is 8.31. The van der Waals surface area contributed by atoms with Crippen LogP contribution in [0.4, 0.5) is 27.7 Å². The minimum atomic E-state index is -3.48. The van der Waals surface area contributed by atoms with Crippen LogP contribution in [0.1, 0.15) is 23.3 Å². The minimum absolute atomic E-state index is 0.0391. The van der Waals surface area contributed by atoms with Crippen LogP contribution in [-0.2, 0) is 14.8 Å². The smallest absolute Gasteiger partial charge is 0.412 e. The van der Waals surface area contributed by atoms with E-state index in [0.29, 0.717) is 24.2 Å². The molecule has 0 bridgehead atoms. The molecule has 1 aromatic carbocycles. The van der Waals surface area contributed by atoms with Gasteiger partial charge in [0.25, 0.3) is 5.91 Å². The molecule has 29 heavy (non-hydrogen) atoms. The van der Waals surface area contributed by atoms with E-state index >= 15 is 0 Å². The lowest BCUT2D eigenvalue weighted by Crippen LogP contribution is -2.22. The molecule has 3 rings (SSSR count). The standard InChI is InChI=1S/C17H20N6O5S/c1-18-16(24)15-13(9-14(21-22-15)20-17(25)28-2)19-11-5-3-4-6-12(11)23-29(26,27)10-7-8-10/h3-6,9-10,23H,7-8H2,1-2H3,(H,18,24)(H2,19,20,21,25). The molecule has 2 amide bonds. The van der Waals surface area contributed by atoms with Crippen molar-refractivity contribution in [1.29, 1.82) is 0 Å². The van der Waals surface area contributed by atoms with Crippen molar-refractivity contribution in [2.45, 2.75) is 18.1 Å². The lowest BCUT2D eigenvalue weighted by molar-refractivity contribution is 0.0958. The highest BCUT2D eigenvalue weighted by Gasteiger charge is 2.36. The normalized spacial score (nSPS) is 13.3. The Labute approximate surface area is 167 Å². The topological polar surface area (TPSA) is 151 Å². The zero-order valence-corrected chi connectivity index (χ0v) is 16.5. The van der Waals surface area contributed by atoms with Gasteiger partial charge in [0, 0.05) is 13.1 Å². The van der Waals surface area contributed by atoms with Gasteiger partial charge >= 0.3 is 6.09 Å². The molecule has 1 aliphatic rings. The van der Waals surface area contributed by atoms with Crippen LogP contribution in [0.2, 0.25) is 0 Å². The number of nitrogens with one attached hydrogen (secondary N) is 4. The van der Waals surface area contributed by atoms with E-state index in [0.717, 1.165) is 0 Å². The van der Waals surface area contributed by atoms with Crippen LogP contribution in [0.3, 0.4) is 0 Å². The third-order valence-corrected chi connectivity index (χ3v) is 5.92. The summed E-state index contributed by atoms with van der Waals surface area (Å²) in [6.45, 7) is 0. The molecule has 1 heterocycles. The Kier molecular flexibility index (Phi) is 5.82. The van der Waals surface area contributed by atoms with Crippen molar-refractivity contribution >= 4 is 44.9 Å². The Morgan fingerprint density at radius 2 is 1.79 bits per heavy atom. The van der Waals surface area contributed by atoms with Gasteiger partial charge in [-0.05, 0) is 25.0 Å². The first-order valence-corrected chi connectivity index (χ1v) is 10.2. The van der Waals surface area contributed by atoms with Gasteiger partial charge in [-0.1, -0.05) is 12.1 Å². The molecule has 0 radical (unpaired) electrons. The summed E-state index contributed by atoms with van der Waals surface area (Å²) >= 11 is 0. The number of rotatable bonds is 7. The lowest BCUT2D eigenvalue weighted by Gasteiger charge is -2.16. The van der Waals surface area contributed by atoms with E-state index in [-0.39, 0.29) is 17.2 Å². The van der Waals surface area contributed by atoms with E-state index in [9.17, 15) is 18.0 Å². The fourth-order valence-corrected chi connectivity index (χ4v) is 3.84. The monoisotopic (exact) mass is 420 g/mol. The summed E-state index contributed by atoms with van der Waals surface area (Å²) in [4.78, 5) is 23.6. The minimum Gasteiger partial charge on any atom is -0.453 e. The van der Waals surface area contributed by atoms with Gasteiger partial charge in [-0.15, -0.1) is 10.2 Å². The highest BCUT2D eigenvalue weighted by molar-refractivity contribution is 7.93. The summed E-state index contributed by atoms with van der Waals surface area (Å²) < 4.78 is 31.7. The van der Waals surface area contributed by atoms with E-state index < -0.39 is 27.3 Å². The summed E-state index contributed by atoms with van der Waals surface area (Å²) in [5, 5.41) is 15.0. The molecule has 1 fully saturated rings. The van der Waals surface area contributed by atoms with Gasteiger partial charge in [0.15, 0.2) is 11.5 Å². The van der Waals surface area contributed by atoms with Gasteiger partial charge in [0.1, 0.15) is 0 Å². The average Bonchev–Trinajstić information content (AvgIpc) is 3.55. The summed E-state index contributed by atoms with van der Waals surface area (Å²) in [6.07, 6.45) is 0.501. The fraction of sp³-hybridized carbons (Fsp3) is 0.294. The van der Waals surface area contributed by atoms with Crippen LogP contribution < -0.4 is 20.7 Å². The predicted octanol–water partition coefficient (Wildman–Crippen LogP) is 1.66. The molecule has 154 valence electrons. The molecule has 1 aliphatic carbocycles. The zero-order chi connectivity index (χ0) is 21.0. The molecule has 1 aromatic heterocycles. The van der Waals surface area contributed by atoms with Gasteiger partial charge in [-0.2, -0.15) is 0 Å². The van der Waals surface area contributed by atoms with Crippen molar-refractivity contribution in [3.8, 4) is 0 Å². The summed E-state index contributed by atoms with van der Waals surface area (Å²) in [6, 6.07) is 8.03. The largest absolute Gasteiger partial charge is 0.453 e. The van der Waals surface area contributed by atoms with Gasteiger partial charge in [-0.25, -0.2) is 13.2 Å². The molecule has 0 aliphatic heterocycles.